The van der Waals surface area contributed by atoms with Crippen LogP contribution in [-0.2, 0) is 14.8 Å². The average molecular weight is 480 g/mol. The molecule has 5 nitrogen and oxygen atoms in total. The van der Waals surface area contributed by atoms with E-state index in [9.17, 15) is 13.2 Å². The van der Waals surface area contributed by atoms with Crippen molar-refractivity contribution in [3.8, 4) is 0 Å². The molecule has 3 aromatic carbocycles. The number of hydrogen-bond acceptors (Lipinski definition) is 3. The van der Waals surface area contributed by atoms with Crippen LogP contribution in [0.3, 0.4) is 0 Å². The maximum atomic E-state index is 13.2. The highest BCUT2D eigenvalue weighted by Crippen LogP contribution is 2.30. The molecule has 0 aromatic heterocycles. The van der Waals surface area contributed by atoms with Crippen molar-refractivity contribution in [2.24, 2.45) is 0 Å². The van der Waals surface area contributed by atoms with Crippen LogP contribution in [0.15, 0.2) is 88.2 Å². The molecule has 0 atom stereocenters. The van der Waals surface area contributed by atoms with Gasteiger partial charge in [-0.15, -0.1) is 0 Å². The molecule has 0 spiro atoms. The first-order valence-electron chi connectivity index (χ1n) is 8.25. The summed E-state index contributed by atoms with van der Waals surface area (Å²) in [6.07, 6.45) is 0. The van der Waals surface area contributed by atoms with E-state index in [1.54, 1.807) is 60.7 Å². The zero-order chi connectivity index (χ0) is 20.1. The van der Waals surface area contributed by atoms with E-state index in [0.717, 1.165) is 8.78 Å². The van der Waals surface area contributed by atoms with Crippen molar-refractivity contribution in [1.82, 2.24) is 0 Å². The van der Waals surface area contributed by atoms with Crippen molar-refractivity contribution < 1.29 is 13.2 Å². The summed E-state index contributed by atoms with van der Waals surface area (Å²) in [6.45, 7) is -0.423. The van der Waals surface area contributed by atoms with Crippen LogP contribution in [-0.4, -0.2) is 20.9 Å². The number of amides is 1. The fourth-order valence-corrected chi connectivity index (χ4v) is 4.72. The van der Waals surface area contributed by atoms with E-state index < -0.39 is 22.5 Å². The Labute approximate surface area is 177 Å². The molecule has 0 saturated carbocycles. The second kappa shape index (κ2) is 8.77. The predicted molar refractivity (Wildman–Crippen MR) is 115 cm³/mol. The van der Waals surface area contributed by atoms with Crippen LogP contribution in [0.4, 0.5) is 11.4 Å². The topological polar surface area (TPSA) is 66.5 Å². The van der Waals surface area contributed by atoms with Crippen LogP contribution in [0, 0.1) is 0 Å². The molecule has 3 rings (SSSR count). The number of nitrogens with one attached hydrogen (secondary N) is 1. The van der Waals surface area contributed by atoms with E-state index in [2.05, 4.69) is 21.2 Å². The van der Waals surface area contributed by atoms with Gasteiger partial charge in [-0.2, -0.15) is 0 Å². The number of para-hydroxylation sites is 1. The molecule has 0 unspecified atom stereocenters. The van der Waals surface area contributed by atoms with Gasteiger partial charge in [0.2, 0.25) is 5.91 Å². The van der Waals surface area contributed by atoms with Crippen LogP contribution >= 0.6 is 27.5 Å². The highest BCUT2D eigenvalue weighted by molar-refractivity contribution is 9.10. The summed E-state index contributed by atoms with van der Waals surface area (Å²) in [5, 5.41) is 2.94. The number of sulfonamides is 1. The molecule has 3 aromatic rings. The molecular weight excluding hydrogens is 464 g/mol. The normalized spacial score (nSPS) is 11.1. The zero-order valence-electron chi connectivity index (χ0n) is 14.5. The van der Waals surface area contributed by atoms with Crippen LogP contribution in [0.2, 0.25) is 5.02 Å². The van der Waals surface area contributed by atoms with E-state index in [1.165, 1.54) is 12.1 Å². The lowest BCUT2D eigenvalue weighted by Crippen LogP contribution is -2.38. The predicted octanol–water partition coefficient (Wildman–Crippen LogP) is 4.94. The Morgan fingerprint density at radius 2 is 1.64 bits per heavy atom. The summed E-state index contributed by atoms with van der Waals surface area (Å²) < 4.78 is 28.2. The number of rotatable bonds is 6. The monoisotopic (exact) mass is 478 g/mol. The Morgan fingerprint density at radius 1 is 0.964 bits per heavy atom. The Balaban J connectivity index is 1.95. The highest BCUT2D eigenvalue weighted by atomic mass is 79.9. The molecule has 144 valence electrons. The molecule has 28 heavy (non-hydrogen) atoms. The third-order valence-corrected chi connectivity index (χ3v) is 6.43. The third-order valence-electron chi connectivity index (χ3n) is 3.85. The molecule has 1 amide bonds. The van der Waals surface area contributed by atoms with Crippen LogP contribution in [0.25, 0.3) is 0 Å². The summed E-state index contributed by atoms with van der Waals surface area (Å²) in [7, 11) is -3.99. The van der Waals surface area contributed by atoms with E-state index >= 15 is 0 Å². The molecule has 8 heteroatoms. The molecule has 0 saturated heterocycles. The molecule has 0 fully saturated rings. The van der Waals surface area contributed by atoms with Gasteiger partial charge in [0.1, 0.15) is 6.54 Å². The van der Waals surface area contributed by atoms with Gasteiger partial charge in [0.15, 0.2) is 0 Å². The van der Waals surface area contributed by atoms with E-state index in [4.69, 9.17) is 11.6 Å². The molecular formula is C20H16BrClN2O3S. The summed E-state index contributed by atoms with van der Waals surface area (Å²) in [5.41, 5.74) is 0.785. The van der Waals surface area contributed by atoms with E-state index in [0.29, 0.717) is 5.69 Å². The average Bonchev–Trinajstić information content (AvgIpc) is 2.67. The smallest absolute Gasteiger partial charge is 0.264 e. The largest absolute Gasteiger partial charge is 0.324 e. The summed E-state index contributed by atoms with van der Waals surface area (Å²) in [5.74, 6) is -0.488. The number of carbonyl (C=O) groups excluding carboxylic acids is 1. The first kappa shape index (κ1) is 20.4. The number of nitrogens with zero attached hydrogens (tertiary/aromatic N) is 1. The van der Waals surface area contributed by atoms with Gasteiger partial charge in [-0.3, -0.25) is 9.10 Å². The standard InChI is InChI=1S/C20H16BrClN2O3S/c21-15-7-6-8-16(13-15)23-20(25)14-24(19-12-5-4-11-18(19)22)28(26,27)17-9-2-1-3-10-17/h1-13H,14H2,(H,23,25). The summed E-state index contributed by atoms with van der Waals surface area (Å²) in [6, 6.07) is 21.5. The lowest BCUT2D eigenvalue weighted by atomic mass is 10.3. The first-order valence-corrected chi connectivity index (χ1v) is 10.9. The van der Waals surface area contributed by atoms with Crippen LogP contribution in [0.1, 0.15) is 0 Å². The molecule has 1 N–H and O–H groups in total. The van der Waals surface area contributed by atoms with Gasteiger partial charge in [-0.25, -0.2) is 8.42 Å². The van der Waals surface area contributed by atoms with Gasteiger partial charge in [0.25, 0.3) is 10.0 Å². The van der Waals surface area contributed by atoms with Crippen molar-refractivity contribution in [3.05, 3.63) is 88.4 Å². The van der Waals surface area contributed by atoms with Gasteiger partial charge in [-0.05, 0) is 42.5 Å². The van der Waals surface area contributed by atoms with Crippen molar-refractivity contribution in [2.75, 3.05) is 16.2 Å². The van der Waals surface area contributed by atoms with Gasteiger partial charge >= 0.3 is 0 Å². The second-order valence-electron chi connectivity index (χ2n) is 5.83. The molecule has 0 aliphatic heterocycles. The van der Waals surface area contributed by atoms with Crippen molar-refractivity contribution in [2.45, 2.75) is 4.90 Å². The molecule has 0 bridgehead atoms. The minimum absolute atomic E-state index is 0.0742. The van der Waals surface area contributed by atoms with E-state index in [-0.39, 0.29) is 15.6 Å². The number of carbonyl (C=O) groups is 1. The summed E-state index contributed by atoms with van der Waals surface area (Å²) >= 11 is 9.57. The van der Waals surface area contributed by atoms with Crippen LogP contribution in [0.5, 0.6) is 0 Å². The minimum Gasteiger partial charge on any atom is -0.324 e. The van der Waals surface area contributed by atoms with Crippen molar-refractivity contribution >= 4 is 54.8 Å². The maximum Gasteiger partial charge on any atom is 0.264 e. The lowest BCUT2D eigenvalue weighted by molar-refractivity contribution is -0.114. The SMILES string of the molecule is O=C(CN(c1ccccc1Cl)S(=O)(=O)c1ccccc1)Nc1cccc(Br)c1. The fraction of sp³-hybridized carbons (Fsp3) is 0.0500. The Hall–Kier alpha value is -2.35. The second-order valence-corrected chi connectivity index (χ2v) is 9.02. The number of benzene rings is 3. The number of anilines is 2. The lowest BCUT2D eigenvalue weighted by Gasteiger charge is -2.25. The van der Waals surface area contributed by atoms with Crippen molar-refractivity contribution in [1.29, 1.82) is 0 Å². The molecule has 0 aliphatic carbocycles. The molecule has 0 aliphatic rings. The van der Waals surface area contributed by atoms with Crippen LogP contribution < -0.4 is 9.62 Å². The third kappa shape index (κ3) is 4.73. The van der Waals surface area contributed by atoms with Gasteiger partial charge < -0.3 is 5.32 Å². The molecule has 0 heterocycles. The van der Waals surface area contributed by atoms with Gasteiger partial charge in [0, 0.05) is 10.2 Å². The first-order chi connectivity index (χ1) is 13.4. The Kier molecular flexibility index (Phi) is 6.39. The van der Waals surface area contributed by atoms with Gasteiger partial charge in [-0.1, -0.05) is 63.9 Å². The quantitative estimate of drug-likeness (QED) is 0.545. The fourth-order valence-electron chi connectivity index (χ4n) is 2.57. The number of hydrogen-bond donors (Lipinski definition) is 1. The summed E-state index contributed by atoms with van der Waals surface area (Å²) in [4.78, 5) is 12.7. The van der Waals surface area contributed by atoms with Gasteiger partial charge in [0.05, 0.1) is 15.6 Å². The Bertz CT molecular complexity index is 1090. The Morgan fingerprint density at radius 3 is 2.32 bits per heavy atom. The highest BCUT2D eigenvalue weighted by Gasteiger charge is 2.28. The maximum absolute atomic E-state index is 13.2. The zero-order valence-corrected chi connectivity index (χ0v) is 17.7. The molecule has 0 radical (unpaired) electrons. The van der Waals surface area contributed by atoms with E-state index in [1.807, 2.05) is 6.07 Å². The van der Waals surface area contributed by atoms with Crippen molar-refractivity contribution in [3.63, 3.8) is 0 Å². The number of halogens is 2. The minimum atomic E-state index is -3.99.